The second-order valence-electron chi connectivity index (χ2n) is 8.16. The lowest BCUT2D eigenvalue weighted by atomic mass is 9.79. The van der Waals surface area contributed by atoms with Crippen LogP contribution in [-0.2, 0) is 9.31 Å². The third kappa shape index (κ3) is 5.05. The van der Waals surface area contributed by atoms with Crippen molar-refractivity contribution in [1.29, 1.82) is 0 Å². The molecule has 1 aliphatic heterocycles. The lowest BCUT2D eigenvalue weighted by Gasteiger charge is -2.32. The van der Waals surface area contributed by atoms with Crippen molar-refractivity contribution in [2.45, 2.75) is 58.3 Å². The molecule has 162 valence electrons. The van der Waals surface area contributed by atoms with Crippen LogP contribution in [-0.4, -0.2) is 24.7 Å². The van der Waals surface area contributed by atoms with Crippen LogP contribution < -0.4 is 14.9 Å². The van der Waals surface area contributed by atoms with Crippen molar-refractivity contribution >= 4 is 24.2 Å². The van der Waals surface area contributed by atoms with Crippen molar-refractivity contribution in [3.8, 4) is 11.5 Å². The Bertz CT molecular complexity index is 901. The van der Waals surface area contributed by atoms with E-state index in [-0.39, 0.29) is 5.75 Å². The molecule has 2 aromatic rings. The van der Waals surface area contributed by atoms with Gasteiger partial charge in [-0.1, -0.05) is 29.8 Å². The molecule has 1 saturated heterocycles. The number of hydrogen-bond acceptors (Lipinski definition) is 4. The molecule has 9 heteroatoms. The normalized spacial score (nSPS) is 18.9. The van der Waals surface area contributed by atoms with Gasteiger partial charge in [0.05, 0.1) is 11.2 Å². The van der Waals surface area contributed by atoms with E-state index in [1.54, 1.807) is 37.3 Å². The largest absolute Gasteiger partial charge is 0.573 e. The predicted octanol–water partition coefficient (Wildman–Crippen LogP) is 5.68. The fraction of sp³-hybridized carbons (Fsp3) is 0.429. The molecule has 3 rings (SSSR count). The Morgan fingerprint density at radius 3 is 2.17 bits per heavy atom. The van der Waals surface area contributed by atoms with E-state index in [4.69, 9.17) is 25.6 Å². The number of benzene rings is 2. The Labute approximate surface area is 179 Å². The molecule has 1 fully saturated rings. The summed E-state index contributed by atoms with van der Waals surface area (Å²) in [6.45, 7) is 9.17. The maximum Gasteiger partial charge on any atom is 0.573 e. The van der Waals surface area contributed by atoms with Gasteiger partial charge in [0.1, 0.15) is 6.10 Å². The van der Waals surface area contributed by atoms with Gasteiger partial charge in [-0.3, -0.25) is 0 Å². The molecule has 0 saturated carbocycles. The van der Waals surface area contributed by atoms with Crippen molar-refractivity contribution in [3.05, 3.63) is 53.1 Å². The van der Waals surface area contributed by atoms with Gasteiger partial charge in [-0.25, -0.2) is 0 Å². The molecule has 30 heavy (non-hydrogen) atoms. The molecule has 1 atom stereocenters. The maximum atomic E-state index is 13.0. The van der Waals surface area contributed by atoms with Crippen LogP contribution >= 0.6 is 11.6 Å². The van der Waals surface area contributed by atoms with E-state index in [9.17, 15) is 13.2 Å². The molecule has 0 radical (unpaired) electrons. The highest BCUT2D eigenvalue weighted by Crippen LogP contribution is 2.38. The minimum Gasteiger partial charge on any atom is -0.482 e. The summed E-state index contributed by atoms with van der Waals surface area (Å²) in [5, 5.41) is 0.505. The second kappa shape index (κ2) is 7.98. The standard InChI is InChI=1S/C21H23BClF3O4/c1-13(14-7-6-8-16(23)11-14)27-17-10-9-15(12-18(17)28-21(24,25)26)22-29-19(2,3)20(4,5)30-22/h6-13H,1-5H3. The Balaban J connectivity index is 1.90. The minimum atomic E-state index is -4.88. The van der Waals surface area contributed by atoms with E-state index < -0.39 is 36.5 Å². The van der Waals surface area contributed by atoms with Crippen LogP contribution in [0, 0.1) is 0 Å². The first kappa shape index (κ1) is 22.8. The van der Waals surface area contributed by atoms with Gasteiger partial charge in [0.25, 0.3) is 0 Å². The second-order valence-corrected chi connectivity index (χ2v) is 8.59. The van der Waals surface area contributed by atoms with Crippen LogP contribution in [0.15, 0.2) is 42.5 Å². The molecular weight excluding hydrogens is 419 g/mol. The average Bonchev–Trinajstić information content (AvgIpc) is 2.82. The summed E-state index contributed by atoms with van der Waals surface area (Å²) in [5.74, 6) is -0.524. The molecule has 0 amide bonds. The first-order valence-electron chi connectivity index (χ1n) is 9.45. The Hall–Kier alpha value is -1.90. The average molecular weight is 443 g/mol. The third-order valence-electron chi connectivity index (χ3n) is 5.34. The van der Waals surface area contributed by atoms with Gasteiger partial charge in [-0.15, -0.1) is 13.2 Å². The van der Waals surface area contributed by atoms with Gasteiger partial charge in [-0.2, -0.15) is 0 Å². The monoisotopic (exact) mass is 442 g/mol. The topological polar surface area (TPSA) is 36.9 Å². The molecule has 1 unspecified atom stereocenters. The SMILES string of the molecule is CC(Oc1ccc(B2OC(C)(C)C(C)(C)O2)cc1OC(F)(F)F)c1cccc(Cl)c1. The number of alkyl halides is 3. The van der Waals surface area contributed by atoms with Crippen molar-refractivity contribution < 1.29 is 32.0 Å². The van der Waals surface area contributed by atoms with Gasteiger partial charge in [0, 0.05) is 5.02 Å². The smallest absolute Gasteiger partial charge is 0.482 e. The summed E-state index contributed by atoms with van der Waals surface area (Å²) >= 11 is 5.99. The fourth-order valence-corrected chi connectivity index (χ4v) is 3.17. The molecule has 0 spiro atoms. The molecule has 0 aromatic heterocycles. The molecule has 0 bridgehead atoms. The highest BCUT2D eigenvalue weighted by atomic mass is 35.5. The molecule has 1 aliphatic rings. The first-order chi connectivity index (χ1) is 13.8. The quantitative estimate of drug-likeness (QED) is 0.559. The van der Waals surface area contributed by atoms with Crippen molar-refractivity contribution in [1.82, 2.24) is 0 Å². The lowest BCUT2D eigenvalue weighted by Crippen LogP contribution is -2.41. The molecule has 0 N–H and O–H groups in total. The van der Waals surface area contributed by atoms with Crippen LogP contribution in [0.25, 0.3) is 0 Å². The lowest BCUT2D eigenvalue weighted by molar-refractivity contribution is -0.275. The number of hydrogen-bond donors (Lipinski definition) is 0. The summed E-state index contributed by atoms with van der Waals surface area (Å²) < 4.78 is 60.9. The summed E-state index contributed by atoms with van der Waals surface area (Å²) in [6.07, 6.45) is -5.44. The third-order valence-corrected chi connectivity index (χ3v) is 5.58. The molecule has 2 aromatic carbocycles. The first-order valence-corrected chi connectivity index (χ1v) is 9.83. The number of rotatable bonds is 5. The van der Waals surface area contributed by atoms with E-state index in [0.29, 0.717) is 10.5 Å². The summed E-state index contributed by atoms with van der Waals surface area (Å²) in [7, 11) is -0.829. The molecule has 0 aliphatic carbocycles. The number of halogens is 4. The highest BCUT2D eigenvalue weighted by molar-refractivity contribution is 6.62. The van der Waals surface area contributed by atoms with Gasteiger partial charge < -0.3 is 18.8 Å². The highest BCUT2D eigenvalue weighted by Gasteiger charge is 2.52. The van der Waals surface area contributed by atoms with Gasteiger partial charge in [-0.05, 0) is 69.9 Å². The van der Waals surface area contributed by atoms with Gasteiger partial charge >= 0.3 is 13.5 Å². The van der Waals surface area contributed by atoms with Crippen molar-refractivity contribution in [3.63, 3.8) is 0 Å². The molecule has 4 nitrogen and oxygen atoms in total. The van der Waals surface area contributed by atoms with Crippen molar-refractivity contribution in [2.24, 2.45) is 0 Å². The zero-order valence-corrected chi connectivity index (χ0v) is 18.1. The fourth-order valence-electron chi connectivity index (χ4n) is 2.97. The van der Waals surface area contributed by atoms with E-state index in [2.05, 4.69) is 4.74 Å². The zero-order valence-electron chi connectivity index (χ0n) is 17.3. The van der Waals surface area contributed by atoms with Crippen LogP contribution in [0.3, 0.4) is 0 Å². The van der Waals surface area contributed by atoms with E-state index in [1.165, 1.54) is 12.1 Å². The van der Waals surface area contributed by atoms with E-state index in [1.807, 2.05) is 27.7 Å². The predicted molar refractivity (Wildman–Crippen MR) is 109 cm³/mol. The summed E-state index contributed by atoms with van der Waals surface area (Å²) in [6, 6.07) is 11.2. The van der Waals surface area contributed by atoms with E-state index in [0.717, 1.165) is 5.56 Å². The Kier molecular flexibility index (Phi) is 6.06. The van der Waals surface area contributed by atoms with Crippen LogP contribution in [0.1, 0.15) is 46.3 Å². The van der Waals surface area contributed by atoms with Crippen LogP contribution in [0.4, 0.5) is 13.2 Å². The van der Waals surface area contributed by atoms with Crippen molar-refractivity contribution in [2.75, 3.05) is 0 Å². The zero-order chi connectivity index (χ0) is 22.3. The van der Waals surface area contributed by atoms with Gasteiger partial charge in [0.15, 0.2) is 11.5 Å². The van der Waals surface area contributed by atoms with Crippen LogP contribution in [0.2, 0.25) is 5.02 Å². The minimum absolute atomic E-state index is 0.0555. The number of ether oxygens (including phenoxy) is 2. The van der Waals surface area contributed by atoms with Crippen LogP contribution in [0.5, 0.6) is 11.5 Å². The maximum absolute atomic E-state index is 13.0. The Morgan fingerprint density at radius 1 is 0.967 bits per heavy atom. The molecule has 1 heterocycles. The summed E-state index contributed by atoms with van der Waals surface area (Å²) in [5.41, 5.74) is -0.135. The molecular formula is C21H23BClF3O4. The Morgan fingerprint density at radius 2 is 1.60 bits per heavy atom. The van der Waals surface area contributed by atoms with E-state index >= 15 is 0 Å². The summed E-state index contributed by atoms with van der Waals surface area (Å²) in [4.78, 5) is 0. The van der Waals surface area contributed by atoms with Gasteiger partial charge in [0.2, 0.25) is 0 Å².